The Morgan fingerprint density at radius 1 is 0.475 bits per heavy atom. The maximum Gasteiger partial charge on any atom is 0.410 e. The van der Waals surface area contributed by atoms with Crippen molar-refractivity contribution in [3.05, 3.63) is 90.3 Å². The molecule has 3 N–H and O–H groups in total. The number of hydrogen-bond donors (Lipinski definition) is 3. The molecule has 29 heteroatoms. The molecule has 9 atom stereocenters. The van der Waals surface area contributed by atoms with Crippen LogP contribution >= 0.6 is 0 Å². The standard InChI is InChI=1S/C26H32F2N6O3.2C22H26F2N6O/c1-16-13-34(20-6-5-17(12-29)22-23(20)31-9-8-30-22)14-19(16)32-21(35)11-18-7-10-33(15-26(18,27)28)24(36)37-25(2,3)4;2*1-14-11-30(18-4-3-15(10-25)20-21(18)27-7-6-26-20)12-17(14)28-19(31)9-16-5-8-29(2)13-22(16,23)24/h5-6,8-9,16,18-19H,7,10-11,13-15H2,1-4H3,(H,32,35);2*3-4,6-7,14,16-17H,5,8-9,11-13H2,1-2H3,(H,28,31)/t16-,18?,19+;2*14-,16?,17+/m111/s1. The molecule has 3 unspecified atom stereocenters. The number of rotatable bonds is 12. The predicted octanol–water partition coefficient (Wildman–Crippen LogP) is 8.56. The Labute approximate surface area is 571 Å². The summed E-state index contributed by atoms with van der Waals surface area (Å²) < 4.78 is 92.2. The Kier molecular flexibility index (Phi) is 22.0. The molecule has 0 bridgehead atoms. The zero-order valence-corrected chi connectivity index (χ0v) is 56.9. The van der Waals surface area contributed by atoms with Gasteiger partial charge in [0.1, 0.15) is 56.9 Å². The highest BCUT2D eigenvalue weighted by atomic mass is 19.3. The first kappa shape index (κ1) is 72.5. The van der Waals surface area contributed by atoms with Crippen LogP contribution in [0.2, 0.25) is 0 Å². The number of nitrogens with zero attached hydrogens (tertiary/aromatic N) is 15. The summed E-state index contributed by atoms with van der Waals surface area (Å²) in [5, 5.41) is 36.9. The molecule has 3 aromatic heterocycles. The van der Waals surface area contributed by atoms with Crippen LogP contribution in [0.3, 0.4) is 0 Å². The quantitative estimate of drug-likeness (QED) is 0.0967. The molecule has 526 valence electrons. The van der Waals surface area contributed by atoms with Crippen LogP contribution in [-0.2, 0) is 19.1 Å². The van der Waals surface area contributed by atoms with Gasteiger partial charge in [-0.25, -0.2) is 31.1 Å². The number of fused-ring (bicyclic) bond motifs is 3. The number of carbonyl (C=O) groups is 4. The van der Waals surface area contributed by atoms with E-state index in [9.17, 15) is 61.3 Å². The number of benzene rings is 3. The molecule has 0 radical (unpaired) electrons. The van der Waals surface area contributed by atoms with Crippen LogP contribution < -0.4 is 30.7 Å². The van der Waals surface area contributed by atoms with Gasteiger partial charge >= 0.3 is 6.09 Å². The summed E-state index contributed by atoms with van der Waals surface area (Å²) in [7, 11) is 3.35. The van der Waals surface area contributed by atoms with Crippen molar-refractivity contribution in [1.29, 1.82) is 15.8 Å². The van der Waals surface area contributed by atoms with Gasteiger partial charge in [0.2, 0.25) is 17.7 Å². The molecule has 0 spiro atoms. The zero-order valence-electron chi connectivity index (χ0n) is 56.9. The molecule has 4 amide bonds. The first-order chi connectivity index (χ1) is 46.9. The first-order valence-electron chi connectivity index (χ1n) is 33.5. The highest BCUT2D eigenvalue weighted by Crippen LogP contribution is 2.40. The van der Waals surface area contributed by atoms with E-state index in [1.807, 2.05) is 39.0 Å². The van der Waals surface area contributed by atoms with E-state index in [4.69, 9.17) is 4.74 Å². The van der Waals surface area contributed by atoms with Gasteiger partial charge in [-0.3, -0.25) is 44.3 Å². The average molecular weight is 1370 g/mol. The SMILES string of the molecule is C[C@@H]1CN(c2ccc(C#N)c3nccnc23)C[C@@H]1NC(=O)CC1CCN(C(=O)OC(C)(C)C)CC1(F)F.C[C@@H]1CN(c2ccc(C#N)c3nccnc23)C[C@@H]1NC(=O)CC1CCN(C)CC1(F)F.C[C@@H]1CN(c2ccc(C#N)c3nccnc23)C[C@@H]1NC(=O)CC1CCN(C)CC1(F)F. The number of likely N-dealkylation sites (tertiary alicyclic amines) is 3. The number of hydrogen-bond acceptors (Lipinski definition) is 19. The third-order valence-electron chi connectivity index (χ3n) is 19.6. The molecule has 6 aliphatic rings. The van der Waals surface area contributed by atoms with Gasteiger partial charge in [-0.1, -0.05) is 20.8 Å². The van der Waals surface area contributed by atoms with Crippen LogP contribution in [0.4, 0.5) is 48.2 Å². The fraction of sp³-hybridized carbons (Fsp3) is 0.557. The van der Waals surface area contributed by atoms with Crippen LogP contribution in [0.15, 0.2) is 73.6 Å². The summed E-state index contributed by atoms with van der Waals surface area (Å²) in [6, 6.07) is 16.6. The molecule has 0 saturated carbocycles. The average Bonchev–Trinajstić information content (AvgIpc) is 0.943. The lowest BCUT2D eigenvalue weighted by molar-refractivity contribution is -0.136. The van der Waals surface area contributed by atoms with Gasteiger partial charge in [0.15, 0.2) is 0 Å². The maximum absolute atomic E-state index is 14.9. The van der Waals surface area contributed by atoms with E-state index in [1.165, 1.54) is 6.20 Å². The van der Waals surface area contributed by atoms with Crippen LogP contribution in [-0.4, -0.2) is 203 Å². The molecule has 9 heterocycles. The van der Waals surface area contributed by atoms with E-state index in [1.54, 1.807) is 93.8 Å². The second kappa shape index (κ2) is 30.1. The van der Waals surface area contributed by atoms with E-state index in [-0.39, 0.29) is 93.0 Å². The first-order valence-corrected chi connectivity index (χ1v) is 33.5. The Morgan fingerprint density at radius 2 is 0.768 bits per heavy atom. The van der Waals surface area contributed by atoms with Crippen molar-refractivity contribution in [3.8, 4) is 18.2 Å². The van der Waals surface area contributed by atoms with E-state index in [0.717, 1.165) is 22.0 Å². The number of nitriles is 3. The molecule has 23 nitrogen and oxygen atoms in total. The summed E-state index contributed by atoms with van der Waals surface area (Å²) >= 11 is 0. The van der Waals surface area contributed by atoms with Gasteiger partial charge in [-0.05, 0) is 121 Å². The number of aromatic nitrogens is 6. The molecule has 12 rings (SSSR count). The highest BCUT2D eigenvalue weighted by molar-refractivity contribution is 5.94. The molecule has 6 aliphatic heterocycles. The normalized spacial score (nSPS) is 25.1. The summed E-state index contributed by atoms with van der Waals surface area (Å²) in [6.07, 6.45) is 8.66. The number of piperidine rings is 3. The summed E-state index contributed by atoms with van der Waals surface area (Å²) in [4.78, 5) is 86.9. The molecule has 6 saturated heterocycles. The minimum atomic E-state index is -3.19. The summed E-state index contributed by atoms with van der Waals surface area (Å²) in [5.41, 5.74) is 6.61. The topological polar surface area (TPSA) is 282 Å². The third-order valence-corrected chi connectivity index (χ3v) is 19.6. The summed E-state index contributed by atoms with van der Waals surface area (Å²) in [6.45, 7) is 14.6. The van der Waals surface area contributed by atoms with Crippen molar-refractivity contribution in [2.45, 2.75) is 122 Å². The summed E-state index contributed by atoms with van der Waals surface area (Å²) in [5.74, 6) is -12.6. The lowest BCUT2D eigenvalue weighted by Gasteiger charge is -2.38. The van der Waals surface area contributed by atoms with Gasteiger partial charge in [0.05, 0.1) is 71.5 Å². The largest absolute Gasteiger partial charge is 0.444 e. The van der Waals surface area contributed by atoms with Crippen LogP contribution in [0.5, 0.6) is 0 Å². The van der Waals surface area contributed by atoms with Crippen molar-refractivity contribution in [3.63, 3.8) is 0 Å². The number of ether oxygens (including phenoxy) is 1. The zero-order chi connectivity index (χ0) is 71.3. The number of nitrogens with one attached hydrogen (secondary N) is 3. The monoisotopic (exact) mass is 1370 g/mol. The van der Waals surface area contributed by atoms with Gasteiger partial charge in [-0.15, -0.1) is 0 Å². The number of amides is 4. The minimum Gasteiger partial charge on any atom is -0.444 e. The Morgan fingerprint density at radius 3 is 1.05 bits per heavy atom. The molecule has 3 aromatic carbocycles. The lowest BCUT2D eigenvalue weighted by Crippen LogP contribution is -2.53. The smallest absolute Gasteiger partial charge is 0.410 e. The molecule has 6 fully saturated rings. The van der Waals surface area contributed by atoms with Gasteiger partial charge in [0.25, 0.3) is 17.8 Å². The number of alkyl halides is 6. The Balaban J connectivity index is 0.000000162. The second-order valence-corrected chi connectivity index (χ2v) is 28.4. The molecule has 6 aromatic rings. The third kappa shape index (κ3) is 17.1. The molecular formula is C70H84F6N18O5. The number of halogens is 6. The fourth-order valence-electron chi connectivity index (χ4n) is 14.2. The van der Waals surface area contributed by atoms with Gasteiger partial charge < -0.3 is 50.1 Å². The van der Waals surface area contributed by atoms with E-state index >= 15 is 0 Å². The van der Waals surface area contributed by atoms with E-state index in [0.29, 0.717) is 115 Å². The fourth-order valence-corrected chi connectivity index (χ4v) is 14.2. The Bertz CT molecular complexity index is 3920. The predicted molar refractivity (Wildman–Crippen MR) is 358 cm³/mol. The Hall–Kier alpha value is -9.27. The number of carbonyl (C=O) groups excluding carboxylic acids is 4. The van der Waals surface area contributed by atoms with Crippen molar-refractivity contribution in [2.75, 3.05) is 107 Å². The molecular weight excluding hydrogens is 1290 g/mol. The second-order valence-electron chi connectivity index (χ2n) is 28.4. The number of anilines is 3. The van der Waals surface area contributed by atoms with E-state index < -0.39 is 59.7 Å². The van der Waals surface area contributed by atoms with Crippen LogP contribution in [0.1, 0.15) is 96.8 Å². The minimum absolute atomic E-state index is 0.0158. The molecule has 0 aliphatic carbocycles. The highest BCUT2D eigenvalue weighted by Gasteiger charge is 2.49. The van der Waals surface area contributed by atoms with Crippen molar-refractivity contribution in [2.24, 2.45) is 35.5 Å². The van der Waals surface area contributed by atoms with Crippen LogP contribution in [0, 0.1) is 69.5 Å². The van der Waals surface area contributed by atoms with Crippen molar-refractivity contribution in [1.82, 2.24) is 60.6 Å². The van der Waals surface area contributed by atoms with Crippen molar-refractivity contribution >= 4 is 74.0 Å². The maximum atomic E-state index is 14.9. The van der Waals surface area contributed by atoms with Gasteiger partial charge in [-0.2, -0.15) is 15.8 Å². The van der Waals surface area contributed by atoms with E-state index in [2.05, 4.69) is 78.8 Å². The van der Waals surface area contributed by atoms with Crippen molar-refractivity contribution < 1.29 is 50.3 Å². The molecule has 99 heavy (non-hydrogen) atoms. The lowest BCUT2D eigenvalue weighted by atomic mass is 9.89. The van der Waals surface area contributed by atoms with Gasteiger partial charge in [0, 0.05) is 120 Å². The van der Waals surface area contributed by atoms with Crippen LogP contribution in [0.25, 0.3) is 33.1 Å².